The lowest BCUT2D eigenvalue weighted by molar-refractivity contribution is 0.949. The number of hydrogen-bond acceptors (Lipinski definition) is 4. The van der Waals surface area contributed by atoms with Gasteiger partial charge >= 0.3 is 0 Å². The van der Waals surface area contributed by atoms with E-state index in [1.807, 2.05) is 24.3 Å². The van der Waals surface area contributed by atoms with Crippen LogP contribution in [0.3, 0.4) is 0 Å². The molecule has 0 saturated carbocycles. The van der Waals surface area contributed by atoms with E-state index < -0.39 is 0 Å². The second-order valence-electron chi connectivity index (χ2n) is 4.46. The Hall–Kier alpha value is -1.62. The first kappa shape index (κ1) is 14.8. The SMILES string of the molecule is CCCNc1ncnc(Nc2ccc(Br)cc2)c1CC. The van der Waals surface area contributed by atoms with Crippen molar-refractivity contribution < 1.29 is 0 Å². The van der Waals surface area contributed by atoms with Crippen LogP contribution >= 0.6 is 15.9 Å². The topological polar surface area (TPSA) is 49.8 Å². The maximum Gasteiger partial charge on any atom is 0.139 e. The smallest absolute Gasteiger partial charge is 0.139 e. The van der Waals surface area contributed by atoms with Crippen LogP contribution in [0.1, 0.15) is 25.8 Å². The Kier molecular flexibility index (Phi) is 5.35. The molecule has 2 rings (SSSR count). The molecule has 0 spiro atoms. The molecule has 5 heteroatoms. The van der Waals surface area contributed by atoms with Crippen LogP contribution in [-0.4, -0.2) is 16.5 Å². The van der Waals surface area contributed by atoms with Crippen LogP contribution in [0.5, 0.6) is 0 Å². The molecule has 0 bridgehead atoms. The van der Waals surface area contributed by atoms with Crippen LogP contribution in [0.4, 0.5) is 17.3 Å². The van der Waals surface area contributed by atoms with Crippen molar-refractivity contribution in [1.29, 1.82) is 0 Å². The molecule has 0 radical (unpaired) electrons. The van der Waals surface area contributed by atoms with Gasteiger partial charge in [-0.2, -0.15) is 0 Å². The Labute approximate surface area is 128 Å². The summed E-state index contributed by atoms with van der Waals surface area (Å²) in [6.45, 7) is 5.17. The molecule has 106 valence electrons. The summed E-state index contributed by atoms with van der Waals surface area (Å²) in [6, 6.07) is 8.05. The molecule has 4 nitrogen and oxygen atoms in total. The molecule has 0 aliphatic carbocycles. The first-order chi connectivity index (χ1) is 9.74. The highest BCUT2D eigenvalue weighted by atomic mass is 79.9. The average molecular weight is 335 g/mol. The van der Waals surface area contributed by atoms with E-state index in [0.717, 1.165) is 46.7 Å². The maximum absolute atomic E-state index is 4.36. The van der Waals surface area contributed by atoms with Gasteiger partial charge in [-0.3, -0.25) is 0 Å². The predicted molar refractivity (Wildman–Crippen MR) is 87.6 cm³/mol. The van der Waals surface area contributed by atoms with Crippen LogP contribution in [0.15, 0.2) is 35.1 Å². The number of halogens is 1. The Morgan fingerprint density at radius 1 is 1.05 bits per heavy atom. The van der Waals surface area contributed by atoms with Gasteiger partial charge in [0.05, 0.1) is 0 Å². The molecular weight excluding hydrogens is 316 g/mol. The Morgan fingerprint density at radius 2 is 1.75 bits per heavy atom. The normalized spacial score (nSPS) is 10.3. The van der Waals surface area contributed by atoms with Gasteiger partial charge in [-0.1, -0.05) is 29.8 Å². The second-order valence-corrected chi connectivity index (χ2v) is 5.38. The van der Waals surface area contributed by atoms with Crippen LogP contribution in [0, 0.1) is 0 Å². The van der Waals surface area contributed by atoms with Crippen molar-refractivity contribution in [2.75, 3.05) is 17.2 Å². The zero-order valence-electron chi connectivity index (χ0n) is 11.8. The van der Waals surface area contributed by atoms with Gasteiger partial charge in [0.25, 0.3) is 0 Å². The Balaban J connectivity index is 2.24. The Bertz CT molecular complexity index is 554. The molecule has 0 fully saturated rings. The summed E-state index contributed by atoms with van der Waals surface area (Å²) in [5.41, 5.74) is 2.13. The fraction of sp³-hybridized carbons (Fsp3) is 0.333. The molecule has 0 unspecified atom stereocenters. The van der Waals surface area contributed by atoms with Crippen molar-refractivity contribution in [3.05, 3.63) is 40.6 Å². The molecule has 20 heavy (non-hydrogen) atoms. The van der Waals surface area contributed by atoms with Gasteiger partial charge in [-0.25, -0.2) is 9.97 Å². The van der Waals surface area contributed by atoms with Crippen LogP contribution < -0.4 is 10.6 Å². The summed E-state index contributed by atoms with van der Waals surface area (Å²) in [4.78, 5) is 8.70. The maximum atomic E-state index is 4.36. The highest BCUT2D eigenvalue weighted by Gasteiger charge is 2.09. The average Bonchev–Trinajstić information content (AvgIpc) is 2.47. The minimum atomic E-state index is 0.864. The highest BCUT2D eigenvalue weighted by Crippen LogP contribution is 2.24. The summed E-state index contributed by atoms with van der Waals surface area (Å²) in [7, 11) is 0. The molecule has 2 N–H and O–H groups in total. The quantitative estimate of drug-likeness (QED) is 0.823. The summed E-state index contributed by atoms with van der Waals surface area (Å²) in [6.07, 6.45) is 3.55. The number of rotatable bonds is 6. The molecular formula is C15H19BrN4. The first-order valence-corrected chi connectivity index (χ1v) is 7.64. The third-order valence-electron chi connectivity index (χ3n) is 2.95. The van der Waals surface area contributed by atoms with Crippen molar-refractivity contribution in [2.45, 2.75) is 26.7 Å². The number of aromatic nitrogens is 2. The lowest BCUT2D eigenvalue weighted by Gasteiger charge is -2.14. The fourth-order valence-electron chi connectivity index (χ4n) is 1.92. The zero-order chi connectivity index (χ0) is 14.4. The zero-order valence-corrected chi connectivity index (χ0v) is 13.4. The van der Waals surface area contributed by atoms with Gasteiger partial charge in [0.1, 0.15) is 18.0 Å². The molecule has 0 amide bonds. The van der Waals surface area contributed by atoms with Crippen molar-refractivity contribution in [1.82, 2.24) is 9.97 Å². The molecule has 1 aromatic heterocycles. The molecule has 1 heterocycles. The minimum absolute atomic E-state index is 0.864. The monoisotopic (exact) mass is 334 g/mol. The van der Waals surface area contributed by atoms with Gasteiger partial charge in [-0.05, 0) is 37.1 Å². The summed E-state index contributed by atoms with van der Waals surface area (Å²) in [5.74, 6) is 1.78. The molecule has 1 aromatic carbocycles. The van der Waals surface area contributed by atoms with E-state index in [1.165, 1.54) is 0 Å². The summed E-state index contributed by atoms with van der Waals surface area (Å²) < 4.78 is 1.06. The standard InChI is InChI=1S/C15H19BrN4/c1-3-9-17-14-13(4-2)15(19-10-18-14)20-12-7-5-11(16)6-8-12/h5-8,10H,3-4,9H2,1-2H3,(H2,17,18,19,20). The number of benzene rings is 1. The van der Waals surface area contributed by atoms with Gasteiger partial charge in [-0.15, -0.1) is 0 Å². The van der Waals surface area contributed by atoms with Gasteiger partial charge in [0, 0.05) is 22.3 Å². The number of anilines is 3. The number of hydrogen-bond donors (Lipinski definition) is 2. The van der Waals surface area contributed by atoms with Crippen molar-refractivity contribution in [3.63, 3.8) is 0 Å². The third kappa shape index (κ3) is 3.70. The third-order valence-corrected chi connectivity index (χ3v) is 3.48. The first-order valence-electron chi connectivity index (χ1n) is 6.85. The predicted octanol–water partition coefficient (Wildman–Crippen LogP) is 4.37. The summed E-state index contributed by atoms with van der Waals surface area (Å²) in [5, 5.41) is 6.71. The van der Waals surface area contributed by atoms with Crippen molar-refractivity contribution in [2.24, 2.45) is 0 Å². The lowest BCUT2D eigenvalue weighted by atomic mass is 10.2. The molecule has 2 aromatic rings. The molecule has 0 atom stereocenters. The van der Waals surface area contributed by atoms with E-state index in [1.54, 1.807) is 6.33 Å². The van der Waals surface area contributed by atoms with E-state index in [2.05, 4.69) is 50.4 Å². The lowest BCUT2D eigenvalue weighted by Crippen LogP contribution is -2.08. The van der Waals surface area contributed by atoms with Crippen LogP contribution in [0.2, 0.25) is 0 Å². The van der Waals surface area contributed by atoms with E-state index in [0.29, 0.717) is 0 Å². The van der Waals surface area contributed by atoms with Crippen molar-refractivity contribution in [3.8, 4) is 0 Å². The van der Waals surface area contributed by atoms with Gasteiger partial charge in [0.2, 0.25) is 0 Å². The van der Waals surface area contributed by atoms with E-state index in [4.69, 9.17) is 0 Å². The highest BCUT2D eigenvalue weighted by molar-refractivity contribution is 9.10. The second kappa shape index (κ2) is 7.24. The van der Waals surface area contributed by atoms with Gasteiger partial charge < -0.3 is 10.6 Å². The van der Waals surface area contributed by atoms with Crippen LogP contribution in [0.25, 0.3) is 0 Å². The summed E-state index contributed by atoms with van der Waals surface area (Å²) >= 11 is 3.44. The molecule has 0 aliphatic rings. The minimum Gasteiger partial charge on any atom is -0.370 e. The number of nitrogens with one attached hydrogen (secondary N) is 2. The van der Waals surface area contributed by atoms with Crippen molar-refractivity contribution >= 4 is 33.3 Å². The molecule has 0 saturated heterocycles. The number of nitrogens with zero attached hydrogens (tertiary/aromatic N) is 2. The van der Waals surface area contributed by atoms with Crippen LogP contribution in [-0.2, 0) is 6.42 Å². The van der Waals surface area contributed by atoms with Gasteiger partial charge in [0.15, 0.2) is 0 Å². The Morgan fingerprint density at radius 3 is 2.40 bits per heavy atom. The van der Waals surface area contributed by atoms with E-state index in [9.17, 15) is 0 Å². The van der Waals surface area contributed by atoms with E-state index >= 15 is 0 Å². The largest absolute Gasteiger partial charge is 0.370 e. The van der Waals surface area contributed by atoms with E-state index in [-0.39, 0.29) is 0 Å². The molecule has 0 aliphatic heterocycles. The fourth-order valence-corrected chi connectivity index (χ4v) is 2.18.